The first-order valence-electron chi connectivity index (χ1n) is 37.6. The molecule has 11 heterocycles. The van der Waals surface area contributed by atoms with Gasteiger partial charge in [0.2, 0.25) is 11.4 Å². The van der Waals surface area contributed by atoms with Gasteiger partial charge in [0.15, 0.2) is 15.5 Å². The molecule has 4 atom stereocenters. The summed E-state index contributed by atoms with van der Waals surface area (Å²) in [5.41, 5.74) is 34.6. The van der Waals surface area contributed by atoms with Crippen LogP contribution in [0.5, 0.6) is 0 Å². The van der Waals surface area contributed by atoms with E-state index in [4.69, 9.17) is 55.8 Å². The third kappa shape index (κ3) is 17.8. The van der Waals surface area contributed by atoms with Gasteiger partial charge in [-0.25, -0.2) is 23.5 Å². The van der Waals surface area contributed by atoms with Crippen LogP contribution in [0.15, 0.2) is 129 Å². The maximum absolute atomic E-state index is 13.5. The molecule has 0 bridgehead atoms. The number of hydrogen-bond donors (Lipinski definition) is 4. The van der Waals surface area contributed by atoms with Crippen LogP contribution < -0.4 is 22.9 Å². The molecule has 3 unspecified atom stereocenters. The van der Waals surface area contributed by atoms with Crippen molar-refractivity contribution in [2.24, 2.45) is 42.9 Å². The van der Waals surface area contributed by atoms with E-state index in [0.29, 0.717) is 17.8 Å². The Balaban J connectivity index is 0.000000128. The van der Waals surface area contributed by atoms with Crippen LogP contribution in [0.4, 0.5) is 20.2 Å². The molecule has 8 aliphatic rings. The summed E-state index contributed by atoms with van der Waals surface area (Å²) in [7, 11) is 0. The molecule has 566 valence electrons. The summed E-state index contributed by atoms with van der Waals surface area (Å²) in [6.45, 7) is 33.3. The zero-order valence-corrected chi connectivity index (χ0v) is 69.3. The van der Waals surface area contributed by atoms with Crippen LogP contribution in [0.3, 0.4) is 0 Å². The first-order chi connectivity index (χ1) is 52.0. The Kier molecular flexibility index (Phi) is 23.3. The van der Waals surface area contributed by atoms with Crippen LogP contribution in [0.2, 0.25) is 0 Å². The Hall–Kier alpha value is -7.84. The number of hydrogen-bond acceptors (Lipinski definition) is 19. The lowest BCUT2D eigenvalue weighted by molar-refractivity contribution is -0.210. The van der Waals surface area contributed by atoms with Gasteiger partial charge in [-0.3, -0.25) is 29.9 Å². The summed E-state index contributed by atoms with van der Waals surface area (Å²) in [4.78, 5) is 47.6. The molecule has 0 saturated heterocycles. The van der Waals surface area contributed by atoms with Gasteiger partial charge < -0.3 is 27.7 Å². The molecule has 23 heteroatoms. The summed E-state index contributed by atoms with van der Waals surface area (Å²) in [5, 5.41) is 4.28. The van der Waals surface area contributed by atoms with Crippen molar-refractivity contribution in [2.45, 2.75) is 245 Å². The Bertz CT molecular complexity index is 4930. The van der Waals surface area contributed by atoms with E-state index in [0.717, 1.165) is 88.3 Å². The van der Waals surface area contributed by atoms with Crippen LogP contribution in [0.25, 0.3) is 52.1 Å². The zero-order valence-electron chi connectivity index (χ0n) is 63.6. The molecule has 8 aromatic rings. The van der Waals surface area contributed by atoms with Gasteiger partial charge in [0.1, 0.15) is 11.1 Å². The van der Waals surface area contributed by atoms with Gasteiger partial charge >= 0.3 is 0 Å². The van der Waals surface area contributed by atoms with Gasteiger partial charge in [0.25, 0.3) is 11.9 Å². The number of amidine groups is 4. The number of rotatable bonds is 8. The van der Waals surface area contributed by atoms with Crippen molar-refractivity contribution in [2.75, 3.05) is 0 Å². The Labute approximate surface area is 670 Å². The van der Waals surface area contributed by atoms with E-state index >= 15 is 0 Å². The normalized spacial score (nSPS) is 24.4. The number of aryl methyl sites for hydroxylation is 3. The van der Waals surface area contributed by atoms with Gasteiger partial charge in [0.05, 0.1) is 42.6 Å². The number of aliphatic imine (C=N–C) groups is 4. The van der Waals surface area contributed by atoms with E-state index in [9.17, 15) is 8.78 Å². The molecule has 16 rings (SSSR count). The molecule has 7 aromatic heterocycles. The van der Waals surface area contributed by atoms with Crippen molar-refractivity contribution in [3.05, 3.63) is 179 Å². The monoisotopic (exact) mass is 1590 g/mol. The van der Waals surface area contributed by atoms with Crippen molar-refractivity contribution >= 4 is 114 Å². The third-order valence-corrected chi connectivity index (χ3v) is 31.9. The van der Waals surface area contributed by atoms with Crippen LogP contribution in [-0.4, -0.2) is 62.2 Å². The van der Waals surface area contributed by atoms with E-state index in [1.165, 1.54) is 133 Å². The van der Waals surface area contributed by atoms with E-state index in [1.807, 2.05) is 129 Å². The lowest BCUT2D eigenvalue weighted by atomic mass is 9.68. The van der Waals surface area contributed by atoms with Gasteiger partial charge in [0, 0.05) is 109 Å². The first-order valence-corrected chi connectivity index (χ1v) is 43.3. The molecule has 1 aromatic carbocycles. The van der Waals surface area contributed by atoms with Crippen molar-refractivity contribution in [3.8, 4) is 66.1 Å². The van der Waals surface area contributed by atoms with Gasteiger partial charge in [-0.05, 0) is 219 Å². The number of thioether (sulfide) groups is 3. The number of aromatic nitrogens is 3. The number of halogens is 2. The van der Waals surface area contributed by atoms with E-state index in [1.54, 1.807) is 46.4 Å². The number of alkyl halides is 2. The first kappa shape index (κ1) is 79.3. The molecule has 4 aliphatic carbocycles. The summed E-state index contributed by atoms with van der Waals surface area (Å²) < 4.78 is 33.3. The topological polar surface area (TPSA) is 210 Å². The Morgan fingerprint density at radius 2 is 0.853 bits per heavy atom. The number of benzene rings is 1. The molecular weight excluding hydrogens is 1490 g/mol. The van der Waals surface area contributed by atoms with Crippen LogP contribution in [0.1, 0.15) is 224 Å². The van der Waals surface area contributed by atoms with Crippen molar-refractivity contribution < 1.29 is 13.5 Å². The summed E-state index contributed by atoms with van der Waals surface area (Å²) in [5.74, 6) is 9.35. The van der Waals surface area contributed by atoms with Crippen molar-refractivity contribution in [3.63, 3.8) is 0 Å². The summed E-state index contributed by atoms with van der Waals surface area (Å²) >= 11 is 12.4. The van der Waals surface area contributed by atoms with Gasteiger partial charge in [-0.15, -0.1) is 57.2 Å². The molecule has 0 radical (unpaired) electrons. The second-order valence-corrected chi connectivity index (χ2v) is 40.1. The summed E-state index contributed by atoms with van der Waals surface area (Å²) in [6.07, 6.45) is 32.8. The fraction of sp³-hybridized carbons (Fsp3) is 0.453. The highest BCUT2D eigenvalue weighted by atomic mass is 32.2. The molecule has 109 heavy (non-hydrogen) atoms. The minimum absolute atomic E-state index is 0.00517. The molecule has 4 aliphatic heterocycles. The average molecular weight is 1590 g/mol. The highest BCUT2D eigenvalue weighted by Gasteiger charge is 2.63. The summed E-state index contributed by atoms with van der Waals surface area (Å²) in [6, 6.07) is 22.7. The molecule has 4 fully saturated rings. The molecular formula is C86H95F2N13OS7. The molecule has 14 nitrogen and oxygen atoms in total. The third-order valence-electron chi connectivity index (χ3n) is 22.2. The van der Waals surface area contributed by atoms with Gasteiger partial charge in [-0.2, -0.15) is 0 Å². The quantitative estimate of drug-likeness (QED) is 0.0830. The number of pyridine rings is 3. The largest absolute Gasteiger partial charge is 0.458 e. The second kappa shape index (κ2) is 32.1. The number of ether oxygens (including phenoxy) is 1. The molecule has 8 N–H and O–H groups in total. The lowest BCUT2D eigenvalue weighted by Crippen LogP contribution is -2.60. The number of nitrogens with two attached hydrogens (primary N) is 4. The number of nitrogens with zero attached hydrogens (tertiary/aromatic N) is 9. The van der Waals surface area contributed by atoms with Crippen LogP contribution in [-0.2, 0) is 26.9 Å². The van der Waals surface area contributed by atoms with Crippen LogP contribution in [0, 0.1) is 57.6 Å². The lowest BCUT2D eigenvalue weighted by Gasteiger charge is -2.51. The van der Waals surface area contributed by atoms with Crippen LogP contribution >= 0.6 is 80.6 Å². The standard InChI is InChI=1S/C23H27N3S2.C21H20F2N2OS.2C21H24N4S2/c1-4-8-17-12-18(14-25-13-17)19-11-16(2)20(27-19)22(3)15-23(28-21(24)26-22)9-6-5-7-10-23;1-3-5-14-6-4-7-15(8-14)16-9-17(27-10-16)19(2)11-20(26-18(24)25-19)12-21(22,23)13-20;2*1-14-9-17(15-10-16(23-3)12-24-11-15)26-18(14)20(2)13-21(27-19(22)25-20)7-5-4-6-8-21/h11-14H,5-7,9-10,15H2,1-3H3,(H2,24,26);4,6-10H,11-13H2,1-2H3,(H2,24,25);2*9-12H,4-8,13H2,1-2H3,(H2,22,25)/t;;20-;/m..0./s1. The van der Waals surface area contributed by atoms with Crippen molar-refractivity contribution in [1.82, 2.24) is 15.0 Å². The second-order valence-electron chi connectivity index (χ2n) is 31.6. The zero-order chi connectivity index (χ0) is 77.2. The Morgan fingerprint density at radius 3 is 1.27 bits per heavy atom. The van der Waals surface area contributed by atoms with Crippen molar-refractivity contribution in [1.29, 1.82) is 0 Å². The van der Waals surface area contributed by atoms with Gasteiger partial charge in [-0.1, -0.05) is 117 Å². The molecule has 4 spiro atoms. The molecule has 4 saturated carbocycles. The smallest absolute Gasteiger partial charge is 0.283 e. The highest BCUT2D eigenvalue weighted by Crippen LogP contribution is 2.60. The maximum Gasteiger partial charge on any atom is 0.283 e. The minimum atomic E-state index is -2.68. The van der Waals surface area contributed by atoms with E-state index in [2.05, 4.69) is 131 Å². The van der Waals surface area contributed by atoms with E-state index in [-0.39, 0.29) is 49.7 Å². The SMILES string of the molecule is CC#Cc1cccc(-c2csc(C3(C)CC4(CC(F)(F)C4)OC(N)=N3)c2)c1.CC#Cc1cncc(-c2cc(C)c(C3(C)CC4(CCCCC4)SC(N)=N3)s2)c1.[C-]#[N+]c1cncc(-c2cc(C)c(C3(C)CC4(CCCCC4)SC(N)=N3)s2)c1.[C-]#[N+]c1cncc(-c2cc(C)c([C@]3(C)CC4(CCCCC4)SC(N)=N3)s2)c1. The predicted molar refractivity (Wildman–Crippen MR) is 457 cm³/mol. The minimum Gasteiger partial charge on any atom is -0.458 e. The fourth-order valence-electron chi connectivity index (χ4n) is 18.0. The predicted octanol–water partition coefficient (Wildman–Crippen LogP) is 22.8. The number of thiophene rings is 4. The fourth-order valence-corrected chi connectivity index (χ4v) is 27.4. The average Bonchev–Trinajstić information content (AvgIpc) is 1.10. The van der Waals surface area contributed by atoms with E-state index < -0.39 is 17.1 Å². The molecule has 0 amide bonds. The highest BCUT2D eigenvalue weighted by molar-refractivity contribution is 8.15. The Morgan fingerprint density at radius 1 is 0.450 bits per heavy atom. The maximum atomic E-state index is 13.5.